The standard InChI is InChI=1S/C32H26N6O7/c39-24-5-1-23(2-6-24)30-33-26(36-45-30)19-44-25-7-3-22(4-8-25)28-34-27-29(35-28)37(13-9-20-11-15-42-17-20)32(41)38(31(27)40)14-10-21-12-16-43-18-21/h1-8,11-12,15-18,39H,9-10,13-14,19H2,(H,34,35). The van der Waals surface area contributed by atoms with Crippen molar-refractivity contribution in [2.75, 3.05) is 0 Å². The molecule has 0 unspecified atom stereocenters. The van der Waals surface area contributed by atoms with Gasteiger partial charge < -0.3 is 28.2 Å². The highest BCUT2D eigenvalue weighted by Gasteiger charge is 2.19. The molecular formula is C32H26N6O7. The fourth-order valence-corrected chi connectivity index (χ4v) is 4.94. The van der Waals surface area contributed by atoms with Crippen LogP contribution in [0.5, 0.6) is 11.5 Å². The van der Waals surface area contributed by atoms with Gasteiger partial charge in [0.15, 0.2) is 12.3 Å². The van der Waals surface area contributed by atoms with Gasteiger partial charge in [-0.1, -0.05) is 5.16 Å². The summed E-state index contributed by atoms with van der Waals surface area (Å²) in [4.78, 5) is 39.3. The number of rotatable bonds is 11. The van der Waals surface area contributed by atoms with Crippen LogP contribution < -0.4 is 16.0 Å². The molecule has 0 bridgehead atoms. The van der Waals surface area contributed by atoms with Gasteiger partial charge in [0.1, 0.15) is 22.8 Å². The monoisotopic (exact) mass is 606 g/mol. The lowest BCUT2D eigenvalue weighted by Crippen LogP contribution is -2.40. The Morgan fingerprint density at radius 3 is 2.13 bits per heavy atom. The smallest absolute Gasteiger partial charge is 0.332 e. The van der Waals surface area contributed by atoms with E-state index in [1.807, 2.05) is 6.07 Å². The molecule has 0 amide bonds. The summed E-state index contributed by atoms with van der Waals surface area (Å²) in [7, 11) is 0. The van der Waals surface area contributed by atoms with Gasteiger partial charge in [0.2, 0.25) is 5.82 Å². The van der Waals surface area contributed by atoms with E-state index < -0.39 is 11.2 Å². The molecule has 13 nitrogen and oxygen atoms in total. The van der Waals surface area contributed by atoms with Crippen LogP contribution in [0.2, 0.25) is 0 Å². The van der Waals surface area contributed by atoms with Gasteiger partial charge >= 0.3 is 5.69 Å². The molecular weight excluding hydrogens is 580 g/mol. The predicted octanol–water partition coefficient (Wildman–Crippen LogP) is 4.56. The third-order valence-electron chi connectivity index (χ3n) is 7.35. The van der Waals surface area contributed by atoms with Crippen molar-refractivity contribution in [3.8, 4) is 34.3 Å². The SMILES string of the molecule is O=c1c2[nH]c(-c3ccc(OCc4noc(-c5ccc(O)cc5)n4)cc3)nc2n(CCc2ccoc2)c(=O)n1CCc1ccoc1. The second-order valence-corrected chi connectivity index (χ2v) is 10.3. The fourth-order valence-electron chi connectivity index (χ4n) is 4.94. The first kappa shape index (κ1) is 27.7. The molecule has 2 aromatic carbocycles. The first-order chi connectivity index (χ1) is 22.0. The summed E-state index contributed by atoms with van der Waals surface area (Å²) in [6.45, 7) is 0.575. The van der Waals surface area contributed by atoms with Gasteiger partial charge in [-0.3, -0.25) is 13.9 Å². The number of ether oxygens (including phenoxy) is 1. The van der Waals surface area contributed by atoms with E-state index in [2.05, 4.69) is 20.1 Å². The molecule has 13 heteroatoms. The molecule has 0 aliphatic carbocycles. The number of phenols is 1. The normalized spacial score (nSPS) is 11.4. The van der Waals surface area contributed by atoms with Crippen LogP contribution in [-0.4, -0.2) is 34.3 Å². The van der Waals surface area contributed by atoms with E-state index in [0.717, 1.165) is 11.1 Å². The van der Waals surface area contributed by atoms with Crippen LogP contribution in [0.1, 0.15) is 17.0 Å². The van der Waals surface area contributed by atoms with Crippen LogP contribution in [-0.2, 0) is 32.5 Å². The lowest BCUT2D eigenvalue weighted by Gasteiger charge is -2.10. The van der Waals surface area contributed by atoms with Crippen molar-refractivity contribution in [3.63, 3.8) is 0 Å². The van der Waals surface area contributed by atoms with E-state index in [0.29, 0.717) is 53.8 Å². The first-order valence-corrected chi connectivity index (χ1v) is 14.1. The van der Waals surface area contributed by atoms with Gasteiger partial charge in [0.25, 0.3) is 11.4 Å². The Morgan fingerprint density at radius 2 is 1.47 bits per heavy atom. The fraction of sp³-hybridized carbons (Fsp3) is 0.156. The van der Waals surface area contributed by atoms with E-state index >= 15 is 0 Å². The van der Waals surface area contributed by atoms with Crippen LogP contribution in [0.15, 0.2) is 109 Å². The minimum Gasteiger partial charge on any atom is -0.508 e. The number of phenolic OH excluding ortho intramolecular Hbond substituents is 1. The average Bonchev–Trinajstić information content (AvgIpc) is 3.89. The van der Waals surface area contributed by atoms with Gasteiger partial charge in [0.05, 0.1) is 25.1 Å². The number of nitrogens with zero attached hydrogens (tertiary/aromatic N) is 5. The minimum absolute atomic E-state index is 0.0763. The summed E-state index contributed by atoms with van der Waals surface area (Å²) in [6, 6.07) is 17.2. The highest BCUT2D eigenvalue weighted by atomic mass is 16.5. The number of aromatic hydroxyl groups is 1. The largest absolute Gasteiger partial charge is 0.508 e. The van der Waals surface area contributed by atoms with E-state index in [4.69, 9.17) is 18.1 Å². The summed E-state index contributed by atoms with van der Waals surface area (Å²) in [6.07, 6.45) is 7.35. The quantitative estimate of drug-likeness (QED) is 0.213. The average molecular weight is 607 g/mol. The number of aromatic amines is 1. The summed E-state index contributed by atoms with van der Waals surface area (Å²) in [5, 5.41) is 13.4. The summed E-state index contributed by atoms with van der Waals surface area (Å²) in [5.41, 5.74) is 2.84. The Labute approximate surface area is 254 Å². The van der Waals surface area contributed by atoms with Gasteiger partial charge in [0, 0.05) is 24.2 Å². The number of benzene rings is 2. The van der Waals surface area contributed by atoms with Crippen molar-refractivity contribution in [1.82, 2.24) is 29.2 Å². The van der Waals surface area contributed by atoms with Crippen LogP contribution in [0.25, 0.3) is 34.0 Å². The number of hydrogen-bond donors (Lipinski definition) is 2. The molecule has 0 saturated carbocycles. The topological polar surface area (TPSA) is 167 Å². The Morgan fingerprint density at radius 1 is 0.800 bits per heavy atom. The Bertz CT molecular complexity index is 2150. The highest BCUT2D eigenvalue weighted by molar-refractivity contribution is 5.75. The second-order valence-electron chi connectivity index (χ2n) is 10.3. The number of H-pyrrole nitrogens is 1. The number of aryl methyl sites for hydroxylation is 3. The molecule has 0 saturated heterocycles. The molecule has 7 aromatic rings. The molecule has 5 aromatic heterocycles. The van der Waals surface area contributed by atoms with E-state index in [1.165, 1.54) is 21.3 Å². The first-order valence-electron chi connectivity index (χ1n) is 14.1. The Kier molecular flexibility index (Phi) is 7.31. The van der Waals surface area contributed by atoms with E-state index in [9.17, 15) is 14.7 Å². The second kappa shape index (κ2) is 11.9. The highest BCUT2D eigenvalue weighted by Crippen LogP contribution is 2.24. The molecule has 0 radical (unpaired) electrons. The summed E-state index contributed by atoms with van der Waals surface area (Å²) >= 11 is 0. The number of furan rings is 2. The van der Waals surface area contributed by atoms with Gasteiger partial charge in [-0.15, -0.1) is 0 Å². The maximum atomic E-state index is 13.6. The molecule has 0 spiro atoms. The predicted molar refractivity (Wildman–Crippen MR) is 161 cm³/mol. The van der Waals surface area contributed by atoms with Crippen molar-refractivity contribution < 1.29 is 23.2 Å². The number of fused-ring (bicyclic) bond motifs is 1. The summed E-state index contributed by atoms with van der Waals surface area (Å²) < 4.78 is 24.2. The zero-order valence-electron chi connectivity index (χ0n) is 23.8. The third kappa shape index (κ3) is 5.78. The zero-order chi connectivity index (χ0) is 30.8. The van der Waals surface area contributed by atoms with Crippen molar-refractivity contribution in [3.05, 3.63) is 124 Å². The van der Waals surface area contributed by atoms with Crippen LogP contribution in [0, 0.1) is 0 Å². The molecule has 5 heterocycles. The summed E-state index contributed by atoms with van der Waals surface area (Å²) in [5.74, 6) is 1.82. The van der Waals surface area contributed by atoms with Crippen molar-refractivity contribution in [2.24, 2.45) is 0 Å². The van der Waals surface area contributed by atoms with Crippen molar-refractivity contribution >= 4 is 11.2 Å². The molecule has 0 aliphatic rings. The van der Waals surface area contributed by atoms with Gasteiger partial charge in [-0.25, -0.2) is 9.78 Å². The lowest BCUT2D eigenvalue weighted by atomic mass is 10.2. The molecule has 0 fully saturated rings. The molecule has 2 N–H and O–H groups in total. The van der Waals surface area contributed by atoms with E-state index in [-0.39, 0.29) is 30.1 Å². The molecule has 0 aliphatic heterocycles. The number of imidazole rings is 1. The van der Waals surface area contributed by atoms with Crippen LogP contribution in [0.3, 0.4) is 0 Å². The molecule has 7 rings (SSSR count). The van der Waals surface area contributed by atoms with Crippen LogP contribution >= 0.6 is 0 Å². The molecule has 226 valence electrons. The van der Waals surface area contributed by atoms with Gasteiger partial charge in [-0.05, 0) is 84.6 Å². The zero-order valence-corrected chi connectivity index (χ0v) is 23.8. The third-order valence-corrected chi connectivity index (χ3v) is 7.35. The van der Waals surface area contributed by atoms with Crippen molar-refractivity contribution in [2.45, 2.75) is 32.5 Å². The lowest BCUT2D eigenvalue weighted by molar-refractivity contribution is 0.287. The van der Waals surface area contributed by atoms with Gasteiger partial charge in [-0.2, -0.15) is 4.98 Å². The molecule has 0 atom stereocenters. The Balaban J connectivity index is 1.12. The molecule has 45 heavy (non-hydrogen) atoms. The number of hydrogen-bond acceptors (Lipinski definition) is 10. The maximum absolute atomic E-state index is 13.6. The number of aromatic nitrogens is 6. The number of nitrogens with one attached hydrogen (secondary N) is 1. The minimum atomic E-state index is -0.441. The van der Waals surface area contributed by atoms with E-state index in [1.54, 1.807) is 67.5 Å². The maximum Gasteiger partial charge on any atom is 0.332 e. The van der Waals surface area contributed by atoms with Crippen LogP contribution in [0.4, 0.5) is 0 Å². The Hall–Kier alpha value is -6.11. The van der Waals surface area contributed by atoms with Crippen molar-refractivity contribution in [1.29, 1.82) is 0 Å².